The summed E-state index contributed by atoms with van der Waals surface area (Å²) >= 11 is 8.33. The minimum absolute atomic E-state index is 0.107. The lowest BCUT2D eigenvalue weighted by molar-refractivity contribution is -0.128. The number of aryl methyl sites for hydroxylation is 2. The highest BCUT2D eigenvalue weighted by Crippen LogP contribution is 2.38. The van der Waals surface area contributed by atoms with E-state index in [1.807, 2.05) is 6.92 Å². The molecule has 1 saturated heterocycles. The molecule has 1 aliphatic heterocycles. The fourth-order valence-corrected chi connectivity index (χ4v) is 5.24. The summed E-state index contributed by atoms with van der Waals surface area (Å²) < 4.78 is 1.20. The van der Waals surface area contributed by atoms with E-state index in [4.69, 9.17) is 12.2 Å². The second-order valence-electron chi connectivity index (χ2n) is 5.19. The molecule has 3 heterocycles. The Kier molecular flexibility index (Phi) is 4.18. The molecule has 2 amide bonds. The maximum absolute atomic E-state index is 12.5. The molecule has 1 aliphatic rings. The number of nitrogens with zero attached hydrogens (tertiary/aromatic N) is 1. The molecule has 0 radical (unpaired) electrons. The molecule has 2 aromatic rings. The summed E-state index contributed by atoms with van der Waals surface area (Å²) in [5, 5.41) is 6.02. The van der Waals surface area contributed by atoms with Gasteiger partial charge in [0.1, 0.15) is 5.57 Å². The number of carbonyl (C=O) groups is 2. The lowest BCUT2D eigenvalue weighted by Gasteiger charge is -2.27. The van der Waals surface area contributed by atoms with E-state index in [-0.39, 0.29) is 23.1 Å². The third-order valence-corrected chi connectivity index (χ3v) is 6.45. The number of thiocarbonyl (C=S) groups is 1. The lowest BCUT2D eigenvalue weighted by atomic mass is 10.1. The van der Waals surface area contributed by atoms with Crippen LogP contribution in [0.25, 0.3) is 15.5 Å². The second-order valence-corrected chi connectivity index (χ2v) is 7.77. The van der Waals surface area contributed by atoms with Gasteiger partial charge in [-0.3, -0.25) is 19.8 Å². The number of hydrogen-bond donors (Lipinski definition) is 1. The molecule has 23 heavy (non-hydrogen) atoms. The minimum atomic E-state index is -0.451. The van der Waals surface area contributed by atoms with Crippen molar-refractivity contribution in [1.82, 2.24) is 10.2 Å². The van der Waals surface area contributed by atoms with E-state index in [2.05, 4.69) is 24.2 Å². The van der Waals surface area contributed by atoms with Gasteiger partial charge in [-0.25, -0.2) is 0 Å². The van der Waals surface area contributed by atoms with Gasteiger partial charge in [0, 0.05) is 16.8 Å². The van der Waals surface area contributed by atoms with Crippen LogP contribution in [0.5, 0.6) is 0 Å². The van der Waals surface area contributed by atoms with Crippen molar-refractivity contribution in [3.63, 3.8) is 0 Å². The van der Waals surface area contributed by atoms with Crippen molar-refractivity contribution in [2.45, 2.75) is 13.8 Å². The Morgan fingerprint density at radius 2 is 2.13 bits per heavy atom. The van der Waals surface area contributed by atoms with Crippen molar-refractivity contribution < 1.29 is 9.59 Å². The van der Waals surface area contributed by atoms with Crippen molar-refractivity contribution in [2.24, 2.45) is 0 Å². The number of nitrogens with one attached hydrogen (secondary N) is 1. The molecule has 0 bridgehead atoms. The molecular formula is C16H14N2O2S3. The van der Waals surface area contributed by atoms with Gasteiger partial charge >= 0.3 is 0 Å². The van der Waals surface area contributed by atoms with Gasteiger partial charge in [-0.05, 0) is 48.6 Å². The van der Waals surface area contributed by atoms with E-state index in [1.165, 1.54) is 19.9 Å². The molecule has 2 aromatic heterocycles. The number of amides is 2. The second kappa shape index (κ2) is 5.99. The van der Waals surface area contributed by atoms with Crippen LogP contribution >= 0.6 is 34.9 Å². The molecule has 0 saturated carbocycles. The number of hydrogen-bond acceptors (Lipinski definition) is 5. The number of thiophene rings is 2. The van der Waals surface area contributed by atoms with Crippen molar-refractivity contribution in [3.8, 4) is 0 Å². The Labute approximate surface area is 147 Å². The van der Waals surface area contributed by atoms with E-state index in [0.717, 1.165) is 10.4 Å². The van der Waals surface area contributed by atoms with Gasteiger partial charge in [0.25, 0.3) is 11.8 Å². The molecule has 0 spiro atoms. The van der Waals surface area contributed by atoms with Crippen LogP contribution in [0, 0.1) is 13.8 Å². The number of carbonyl (C=O) groups excluding carboxylic acids is 2. The zero-order valence-electron chi connectivity index (χ0n) is 12.6. The van der Waals surface area contributed by atoms with E-state index in [1.54, 1.807) is 34.8 Å². The fourth-order valence-electron chi connectivity index (χ4n) is 2.50. The van der Waals surface area contributed by atoms with Crippen molar-refractivity contribution in [1.29, 1.82) is 0 Å². The highest BCUT2D eigenvalue weighted by molar-refractivity contribution is 7.80. The average Bonchev–Trinajstić information content (AvgIpc) is 3.01. The first kappa shape index (κ1) is 16.0. The summed E-state index contributed by atoms with van der Waals surface area (Å²) in [5.74, 6) is -0.834. The smallest absolute Gasteiger partial charge is 0.265 e. The maximum Gasteiger partial charge on any atom is 0.265 e. The molecule has 1 fully saturated rings. The third kappa shape index (κ3) is 2.65. The Morgan fingerprint density at radius 1 is 1.39 bits per heavy atom. The zero-order valence-corrected chi connectivity index (χ0v) is 15.1. The Bertz CT molecular complexity index is 889. The minimum Gasteiger partial charge on any atom is -0.298 e. The topological polar surface area (TPSA) is 49.4 Å². The third-order valence-electron chi connectivity index (χ3n) is 3.66. The van der Waals surface area contributed by atoms with Crippen molar-refractivity contribution >= 4 is 67.3 Å². The first-order valence-electron chi connectivity index (χ1n) is 6.91. The van der Waals surface area contributed by atoms with Crippen LogP contribution in [0.1, 0.15) is 16.0 Å². The van der Waals surface area contributed by atoms with E-state index < -0.39 is 5.91 Å². The summed E-state index contributed by atoms with van der Waals surface area (Å²) in [5.41, 5.74) is 2.42. The van der Waals surface area contributed by atoms with E-state index in [9.17, 15) is 9.59 Å². The highest BCUT2D eigenvalue weighted by atomic mass is 32.2. The lowest BCUT2D eigenvalue weighted by Crippen LogP contribution is -2.53. The molecule has 1 N–H and O–H groups in total. The quantitative estimate of drug-likeness (QED) is 0.394. The summed E-state index contributed by atoms with van der Waals surface area (Å²) in [6.45, 7) is 7.97. The van der Waals surface area contributed by atoms with Gasteiger partial charge in [-0.15, -0.1) is 29.3 Å². The van der Waals surface area contributed by atoms with Crippen LogP contribution in [-0.4, -0.2) is 28.4 Å². The van der Waals surface area contributed by atoms with Gasteiger partial charge in [-0.1, -0.05) is 6.08 Å². The van der Waals surface area contributed by atoms with Gasteiger partial charge in [-0.2, -0.15) is 0 Å². The largest absolute Gasteiger partial charge is 0.298 e. The normalized spacial score (nSPS) is 17.2. The van der Waals surface area contributed by atoms with Gasteiger partial charge in [0.05, 0.1) is 4.01 Å². The molecule has 4 nitrogen and oxygen atoms in total. The molecule has 118 valence electrons. The first-order chi connectivity index (χ1) is 10.9. The first-order valence-corrected chi connectivity index (χ1v) is 9.01. The molecule has 0 unspecified atom stereocenters. The highest BCUT2D eigenvalue weighted by Gasteiger charge is 2.33. The number of fused-ring (bicyclic) bond motifs is 1. The Hall–Kier alpha value is -1.83. The van der Waals surface area contributed by atoms with Crippen LogP contribution in [-0.2, 0) is 9.59 Å². The molecule has 0 aliphatic carbocycles. The molecule has 7 heteroatoms. The average molecular weight is 363 g/mol. The fraction of sp³-hybridized carbons (Fsp3) is 0.188. The maximum atomic E-state index is 12.5. The number of rotatable bonds is 3. The molecular weight excluding hydrogens is 348 g/mol. The van der Waals surface area contributed by atoms with E-state index >= 15 is 0 Å². The monoisotopic (exact) mass is 362 g/mol. The summed E-state index contributed by atoms with van der Waals surface area (Å²) in [6, 6.07) is 0. The van der Waals surface area contributed by atoms with Gasteiger partial charge in [0.2, 0.25) is 0 Å². The van der Waals surface area contributed by atoms with Crippen molar-refractivity contribution in [3.05, 3.63) is 39.6 Å². The SMILES string of the molecule is C=CCN1C(=O)C(=Cc2sc3scc(C)c3c2C)C(=O)NC1=S. The Balaban J connectivity index is 2.06. The summed E-state index contributed by atoms with van der Waals surface area (Å²) in [4.78, 5) is 27.0. The predicted octanol–water partition coefficient (Wildman–Crippen LogP) is 3.39. The summed E-state index contributed by atoms with van der Waals surface area (Å²) in [7, 11) is 0. The molecule has 0 atom stereocenters. The molecule has 0 aromatic carbocycles. The van der Waals surface area contributed by atoms with Crippen LogP contribution in [0.2, 0.25) is 0 Å². The molecule has 3 rings (SSSR count). The standard InChI is InChI=1S/C16H14N2O2S3/c1-4-5-18-14(20)10(13(19)17-16(18)21)6-11-9(3)12-8(2)7-22-15(12)23-11/h4,6-7H,1,5H2,2-3H3,(H,17,19,21). The summed E-state index contributed by atoms with van der Waals surface area (Å²) in [6.07, 6.45) is 3.25. The predicted molar refractivity (Wildman–Crippen MR) is 99.8 cm³/mol. The van der Waals surface area contributed by atoms with E-state index in [0.29, 0.717) is 0 Å². The Morgan fingerprint density at radius 3 is 2.78 bits per heavy atom. The van der Waals surface area contributed by atoms with Gasteiger partial charge < -0.3 is 0 Å². The van der Waals surface area contributed by atoms with Gasteiger partial charge in [0.15, 0.2) is 5.11 Å². The van der Waals surface area contributed by atoms with Crippen molar-refractivity contribution in [2.75, 3.05) is 6.54 Å². The van der Waals surface area contributed by atoms with Crippen LogP contribution in [0.3, 0.4) is 0 Å². The van der Waals surface area contributed by atoms with Crippen LogP contribution in [0.4, 0.5) is 0 Å². The van der Waals surface area contributed by atoms with Crippen LogP contribution in [0.15, 0.2) is 23.6 Å². The van der Waals surface area contributed by atoms with Crippen LogP contribution < -0.4 is 5.32 Å². The zero-order chi connectivity index (χ0) is 16.7.